The van der Waals surface area contributed by atoms with Gasteiger partial charge in [-0.2, -0.15) is 0 Å². The van der Waals surface area contributed by atoms with Gasteiger partial charge < -0.3 is 14.0 Å². The first-order valence-corrected chi connectivity index (χ1v) is 21.8. The number of fused-ring (bicyclic) bond motifs is 7. The number of benzene rings is 6. The van der Waals surface area contributed by atoms with Crippen LogP contribution in [0.2, 0.25) is 19.6 Å². The van der Waals surface area contributed by atoms with Gasteiger partial charge in [0.1, 0.15) is 5.58 Å². The van der Waals surface area contributed by atoms with Crippen LogP contribution in [0.25, 0.3) is 81.5 Å². The van der Waals surface area contributed by atoms with Crippen LogP contribution >= 0.6 is 11.3 Å². The Morgan fingerprint density at radius 3 is 2.26 bits per heavy atom. The number of thiophene rings is 1. The summed E-state index contributed by atoms with van der Waals surface area (Å²) in [6.45, 7) is 9.24. The molecule has 4 heterocycles. The molecule has 261 valence electrons. The van der Waals surface area contributed by atoms with Gasteiger partial charge in [0.05, 0.1) is 30.5 Å². The van der Waals surface area contributed by atoms with Gasteiger partial charge in [-0.15, -0.1) is 65.4 Å². The molecule has 53 heavy (non-hydrogen) atoms. The SMILES string of the molecule is Cc1cc(-c2[c-]cccc2)ncc1[Si](C)(C)C.[Ir].[c-]1ccc2c(oc3ccccc32)c1-c1nc2ccccc2n1-c1ccc2sc3ccccc3c2c1. The van der Waals surface area contributed by atoms with Gasteiger partial charge in [0.25, 0.3) is 0 Å². The molecule has 0 aliphatic heterocycles. The van der Waals surface area contributed by atoms with Crippen molar-refractivity contribution in [3.63, 3.8) is 0 Å². The van der Waals surface area contributed by atoms with Gasteiger partial charge in [-0.1, -0.05) is 90.8 Å². The minimum Gasteiger partial charge on any atom is -0.501 e. The maximum atomic E-state index is 6.36. The van der Waals surface area contributed by atoms with Gasteiger partial charge in [0.2, 0.25) is 0 Å². The molecule has 1 radical (unpaired) electrons. The maximum absolute atomic E-state index is 6.36. The van der Waals surface area contributed by atoms with E-state index >= 15 is 0 Å². The number of furan rings is 1. The Bertz CT molecular complexity index is 2920. The number of aryl methyl sites for hydroxylation is 1. The van der Waals surface area contributed by atoms with E-state index in [2.05, 4.69) is 139 Å². The molecule has 0 fully saturated rings. The van der Waals surface area contributed by atoms with Crippen LogP contribution in [0.5, 0.6) is 0 Å². The fraction of sp³-hybridized carbons (Fsp3) is 0.0870. The Morgan fingerprint density at radius 1 is 0.698 bits per heavy atom. The first-order valence-electron chi connectivity index (χ1n) is 17.5. The van der Waals surface area contributed by atoms with E-state index in [1.54, 1.807) is 0 Å². The van der Waals surface area contributed by atoms with E-state index in [1.165, 1.54) is 30.9 Å². The summed E-state index contributed by atoms with van der Waals surface area (Å²) in [6, 6.07) is 52.6. The molecule has 0 N–H and O–H groups in total. The van der Waals surface area contributed by atoms with Gasteiger partial charge in [-0.3, -0.25) is 4.98 Å². The van der Waals surface area contributed by atoms with Crippen LogP contribution in [0.1, 0.15) is 5.56 Å². The Hall–Kier alpha value is -5.17. The van der Waals surface area contributed by atoms with Crippen LogP contribution in [-0.4, -0.2) is 22.6 Å². The average Bonchev–Trinajstić information content (AvgIpc) is 3.86. The number of hydrogen-bond donors (Lipinski definition) is 0. The van der Waals surface area contributed by atoms with Crippen molar-refractivity contribution in [3.05, 3.63) is 157 Å². The summed E-state index contributed by atoms with van der Waals surface area (Å²) in [4.78, 5) is 9.66. The second kappa shape index (κ2) is 14.0. The largest absolute Gasteiger partial charge is 0.501 e. The van der Waals surface area contributed by atoms with Crippen molar-refractivity contribution >= 4 is 77.7 Å². The van der Waals surface area contributed by atoms with Crippen molar-refractivity contribution < 1.29 is 24.5 Å². The zero-order valence-corrected chi connectivity index (χ0v) is 34.0. The molecular formula is C46H35IrN3OSSi-2. The first kappa shape index (κ1) is 34.9. The Kier molecular flexibility index (Phi) is 9.21. The summed E-state index contributed by atoms with van der Waals surface area (Å²) >= 11 is 1.83. The minimum atomic E-state index is -1.27. The third kappa shape index (κ3) is 6.34. The van der Waals surface area contributed by atoms with E-state index in [1.807, 2.05) is 59.9 Å². The quantitative estimate of drug-likeness (QED) is 0.131. The molecule has 0 aliphatic rings. The van der Waals surface area contributed by atoms with E-state index in [9.17, 15) is 0 Å². The van der Waals surface area contributed by atoms with Gasteiger partial charge in [-0.25, -0.2) is 0 Å². The van der Waals surface area contributed by atoms with E-state index in [0.29, 0.717) is 0 Å². The normalized spacial score (nSPS) is 11.6. The predicted octanol–water partition coefficient (Wildman–Crippen LogP) is 12.2. The zero-order valence-electron chi connectivity index (χ0n) is 29.8. The van der Waals surface area contributed by atoms with Crippen molar-refractivity contribution in [1.29, 1.82) is 0 Å². The third-order valence-electron chi connectivity index (χ3n) is 9.65. The van der Waals surface area contributed by atoms with Crippen molar-refractivity contribution in [1.82, 2.24) is 14.5 Å². The predicted molar refractivity (Wildman–Crippen MR) is 222 cm³/mol. The van der Waals surface area contributed by atoms with E-state index in [4.69, 9.17) is 9.40 Å². The van der Waals surface area contributed by atoms with Crippen LogP contribution in [0.15, 0.2) is 144 Å². The number of para-hydroxylation sites is 3. The van der Waals surface area contributed by atoms with Crippen molar-refractivity contribution in [3.8, 4) is 28.3 Å². The molecule has 0 saturated heterocycles. The van der Waals surface area contributed by atoms with Crippen LogP contribution in [0.3, 0.4) is 0 Å². The molecule has 0 unspecified atom stereocenters. The fourth-order valence-electron chi connectivity index (χ4n) is 7.21. The van der Waals surface area contributed by atoms with Gasteiger partial charge in [0.15, 0.2) is 0 Å². The second-order valence-corrected chi connectivity index (χ2v) is 20.3. The van der Waals surface area contributed by atoms with E-state index in [-0.39, 0.29) is 20.1 Å². The van der Waals surface area contributed by atoms with Crippen molar-refractivity contribution in [2.24, 2.45) is 0 Å². The fourth-order valence-corrected chi connectivity index (χ4v) is 10.00. The molecule has 10 aromatic rings. The summed E-state index contributed by atoms with van der Waals surface area (Å²) in [5.74, 6) is 0.828. The molecule has 0 atom stereocenters. The van der Waals surface area contributed by atoms with Crippen molar-refractivity contribution in [2.45, 2.75) is 26.6 Å². The Morgan fingerprint density at radius 2 is 1.45 bits per heavy atom. The number of nitrogens with zero attached hydrogens (tertiary/aromatic N) is 3. The van der Waals surface area contributed by atoms with Crippen LogP contribution in [-0.2, 0) is 20.1 Å². The Labute approximate surface area is 327 Å². The summed E-state index contributed by atoms with van der Waals surface area (Å²) in [5.41, 5.74) is 9.07. The maximum Gasteiger partial charge on any atom is 0.120 e. The summed E-state index contributed by atoms with van der Waals surface area (Å²) in [5, 5.41) is 6.17. The smallest absolute Gasteiger partial charge is 0.120 e. The van der Waals surface area contributed by atoms with E-state index < -0.39 is 8.07 Å². The molecule has 7 heteroatoms. The molecule has 0 amide bonds. The summed E-state index contributed by atoms with van der Waals surface area (Å²) in [7, 11) is -1.27. The number of imidazole rings is 1. The van der Waals surface area contributed by atoms with Crippen molar-refractivity contribution in [2.75, 3.05) is 0 Å². The van der Waals surface area contributed by atoms with Crippen LogP contribution in [0, 0.1) is 19.1 Å². The number of hydrogen-bond acceptors (Lipinski definition) is 4. The molecule has 4 aromatic heterocycles. The molecule has 0 saturated carbocycles. The molecule has 0 aliphatic carbocycles. The van der Waals surface area contributed by atoms with Gasteiger partial charge in [-0.05, 0) is 60.3 Å². The number of pyridine rings is 1. The standard InChI is InChI=1S/C31H17N2OS.C15H18NSi.Ir/c1-5-14-27-20(8-1)22-10-7-11-23(30(22)34-27)31-32-25-12-3-4-13-26(25)33(31)19-16-17-29-24(18-19)21-9-2-6-15-28(21)35-29;1-12-10-14(13-8-6-5-7-9-13)16-11-15(12)17(2,3)4;/h1-10,12-18H;5-8,10-11H,1-4H3;/q2*-1;. The molecule has 0 bridgehead atoms. The summed E-state index contributed by atoms with van der Waals surface area (Å²) < 4.78 is 11.2. The molecule has 10 rings (SSSR count). The van der Waals surface area contributed by atoms with E-state index in [0.717, 1.165) is 61.3 Å². The van der Waals surface area contributed by atoms with Gasteiger partial charge >= 0.3 is 0 Å². The zero-order chi connectivity index (χ0) is 35.4. The second-order valence-electron chi connectivity index (χ2n) is 14.1. The molecule has 6 aromatic carbocycles. The number of aromatic nitrogens is 3. The van der Waals surface area contributed by atoms with Gasteiger partial charge in [0, 0.05) is 57.5 Å². The third-order valence-corrected chi connectivity index (χ3v) is 12.9. The minimum absolute atomic E-state index is 0. The number of rotatable bonds is 4. The molecule has 4 nitrogen and oxygen atoms in total. The first-order chi connectivity index (χ1) is 25.3. The van der Waals surface area contributed by atoms with Crippen LogP contribution in [0.4, 0.5) is 0 Å². The molecular weight excluding hydrogens is 863 g/mol. The summed E-state index contributed by atoms with van der Waals surface area (Å²) in [6.07, 6.45) is 2.05. The topological polar surface area (TPSA) is 43.9 Å². The average molecular weight is 898 g/mol. The monoisotopic (exact) mass is 898 g/mol. The molecule has 0 spiro atoms. The Balaban J connectivity index is 0.000000189. The van der Waals surface area contributed by atoms with Crippen LogP contribution < -0.4 is 5.19 Å².